The molecule has 1 fully saturated rings. The number of anilines is 1. The lowest BCUT2D eigenvalue weighted by molar-refractivity contribution is -0.127. The molecule has 9 heteroatoms. The molecule has 3 rings (SSSR count). The van der Waals surface area contributed by atoms with Gasteiger partial charge in [0.05, 0.1) is 23.1 Å². The van der Waals surface area contributed by atoms with Gasteiger partial charge in [0.2, 0.25) is 5.91 Å². The van der Waals surface area contributed by atoms with Gasteiger partial charge in [-0.1, -0.05) is 29.7 Å². The van der Waals surface area contributed by atoms with Crippen molar-refractivity contribution in [2.24, 2.45) is 0 Å². The van der Waals surface area contributed by atoms with Crippen LogP contribution in [-0.4, -0.2) is 66.4 Å². The number of aromatic nitrogens is 1. The number of aryl methyl sites for hydroxylation is 1. The van der Waals surface area contributed by atoms with Crippen molar-refractivity contribution in [1.29, 1.82) is 0 Å². The first-order chi connectivity index (χ1) is 14.9. The SMILES string of the molecule is C=CC(=O)N1CCCN(C(=O)c2cc(Sc3cnc(NC)s3)c(C)cc2OC)CC1C. The summed E-state index contributed by atoms with van der Waals surface area (Å²) in [5, 5.41) is 3.89. The van der Waals surface area contributed by atoms with Crippen molar-refractivity contribution in [3.63, 3.8) is 0 Å². The minimum absolute atomic E-state index is 0.0839. The molecule has 1 unspecified atom stereocenters. The van der Waals surface area contributed by atoms with Gasteiger partial charge < -0.3 is 19.9 Å². The molecule has 1 atom stereocenters. The van der Waals surface area contributed by atoms with E-state index in [1.807, 2.05) is 44.1 Å². The van der Waals surface area contributed by atoms with Gasteiger partial charge in [-0.3, -0.25) is 9.59 Å². The quantitative estimate of drug-likeness (QED) is 0.659. The molecule has 7 nitrogen and oxygen atoms in total. The molecular formula is C22H28N4O3S2. The van der Waals surface area contributed by atoms with E-state index in [1.54, 1.807) is 35.1 Å². The highest BCUT2D eigenvalue weighted by atomic mass is 32.2. The fourth-order valence-electron chi connectivity index (χ4n) is 3.60. The van der Waals surface area contributed by atoms with Crippen LogP contribution >= 0.6 is 23.1 Å². The van der Waals surface area contributed by atoms with E-state index in [2.05, 4.69) is 16.9 Å². The van der Waals surface area contributed by atoms with E-state index >= 15 is 0 Å². The average molecular weight is 461 g/mol. The number of methoxy groups -OCH3 is 1. The van der Waals surface area contributed by atoms with E-state index in [0.717, 1.165) is 26.2 Å². The highest BCUT2D eigenvalue weighted by Crippen LogP contribution is 2.38. The predicted octanol–water partition coefficient (Wildman–Crippen LogP) is 3.90. The normalized spacial score (nSPS) is 16.6. The highest BCUT2D eigenvalue weighted by Gasteiger charge is 2.28. The standard InChI is InChI=1S/C22H28N4O3S2/c1-6-19(27)26-9-7-8-25(13-15(26)3)21(28)16-11-18(14(2)10-17(16)29-5)30-20-12-24-22(23-4)31-20/h6,10-12,15H,1,7-9,13H2,2-5H3,(H,23,24). The lowest BCUT2D eigenvalue weighted by atomic mass is 10.1. The van der Waals surface area contributed by atoms with Crippen LogP contribution in [0.5, 0.6) is 5.75 Å². The van der Waals surface area contributed by atoms with Crippen LogP contribution in [0.25, 0.3) is 0 Å². The number of amides is 2. The first-order valence-corrected chi connectivity index (χ1v) is 11.7. The molecule has 1 aliphatic heterocycles. The van der Waals surface area contributed by atoms with Gasteiger partial charge in [-0.25, -0.2) is 4.98 Å². The Hall–Kier alpha value is -2.52. The molecule has 0 radical (unpaired) electrons. The second-order valence-corrected chi connectivity index (χ2v) is 9.72. The second kappa shape index (κ2) is 10.2. The number of benzene rings is 1. The van der Waals surface area contributed by atoms with Crippen molar-refractivity contribution in [2.45, 2.75) is 35.4 Å². The van der Waals surface area contributed by atoms with Crippen molar-refractivity contribution in [3.05, 3.63) is 42.1 Å². The van der Waals surface area contributed by atoms with E-state index in [1.165, 1.54) is 6.08 Å². The lowest BCUT2D eigenvalue weighted by Crippen LogP contribution is -2.43. The summed E-state index contributed by atoms with van der Waals surface area (Å²) in [7, 11) is 3.42. The fourth-order valence-corrected chi connectivity index (χ4v) is 5.49. The van der Waals surface area contributed by atoms with Crippen LogP contribution in [0.2, 0.25) is 0 Å². The van der Waals surface area contributed by atoms with Crippen LogP contribution in [0.3, 0.4) is 0 Å². The minimum Gasteiger partial charge on any atom is -0.496 e. The van der Waals surface area contributed by atoms with E-state index in [-0.39, 0.29) is 17.9 Å². The number of thiazole rings is 1. The number of nitrogens with one attached hydrogen (secondary N) is 1. The minimum atomic E-state index is -0.0982. The summed E-state index contributed by atoms with van der Waals surface area (Å²) in [6.07, 6.45) is 3.88. The highest BCUT2D eigenvalue weighted by molar-refractivity contribution is 8.01. The first-order valence-electron chi connectivity index (χ1n) is 10.1. The summed E-state index contributed by atoms with van der Waals surface area (Å²) in [6, 6.07) is 3.73. The summed E-state index contributed by atoms with van der Waals surface area (Å²) in [5.74, 6) is 0.376. The van der Waals surface area contributed by atoms with E-state index < -0.39 is 0 Å². The van der Waals surface area contributed by atoms with E-state index in [9.17, 15) is 9.59 Å². The van der Waals surface area contributed by atoms with Crippen LogP contribution in [0, 0.1) is 6.92 Å². The number of rotatable bonds is 6. The van der Waals surface area contributed by atoms with Gasteiger partial charge in [0.1, 0.15) is 5.75 Å². The maximum absolute atomic E-state index is 13.5. The van der Waals surface area contributed by atoms with Crippen LogP contribution < -0.4 is 10.1 Å². The largest absolute Gasteiger partial charge is 0.496 e. The van der Waals surface area contributed by atoms with Gasteiger partial charge in [-0.05, 0) is 44.0 Å². The number of hydrogen-bond donors (Lipinski definition) is 1. The van der Waals surface area contributed by atoms with Gasteiger partial charge in [-0.2, -0.15) is 0 Å². The Morgan fingerprint density at radius 1 is 1.39 bits per heavy atom. The molecule has 166 valence electrons. The Morgan fingerprint density at radius 2 is 2.16 bits per heavy atom. The average Bonchev–Trinajstić information content (AvgIpc) is 3.14. The molecular weight excluding hydrogens is 432 g/mol. The number of nitrogens with zero attached hydrogens (tertiary/aromatic N) is 3. The van der Waals surface area contributed by atoms with Gasteiger partial charge in [-0.15, -0.1) is 0 Å². The maximum atomic E-state index is 13.5. The van der Waals surface area contributed by atoms with Gasteiger partial charge in [0, 0.05) is 37.6 Å². The van der Waals surface area contributed by atoms with Crippen LogP contribution in [0.1, 0.15) is 29.3 Å². The summed E-state index contributed by atoms with van der Waals surface area (Å²) in [6.45, 7) is 9.22. The third-order valence-corrected chi connectivity index (χ3v) is 7.50. The molecule has 1 aliphatic rings. The molecule has 0 bridgehead atoms. The van der Waals surface area contributed by atoms with Crippen molar-refractivity contribution in [1.82, 2.24) is 14.8 Å². The lowest BCUT2D eigenvalue weighted by Gasteiger charge is -2.28. The summed E-state index contributed by atoms with van der Waals surface area (Å²) in [5.41, 5.74) is 1.56. The zero-order valence-electron chi connectivity index (χ0n) is 18.3. The summed E-state index contributed by atoms with van der Waals surface area (Å²) < 4.78 is 6.59. The van der Waals surface area contributed by atoms with Crippen LogP contribution in [-0.2, 0) is 4.79 Å². The van der Waals surface area contributed by atoms with Gasteiger partial charge >= 0.3 is 0 Å². The smallest absolute Gasteiger partial charge is 0.257 e. The monoisotopic (exact) mass is 460 g/mol. The zero-order valence-corrected chi connectivity index (χ0v) is 19.9. The van der Waals surface area contributed by atoms with E-state index in [0.29, 0.717) is 30.9 Å². The van der Waals surface area contributed by atoms with Crippen molar-refractivity contribution in [2.75, 3.05) is 39.1 Å². The number of hydrogen-bond acceptors (Lipinski definition) is 7. The Balaban J connectivity index is 1.87. The summed E-state index contributed by atoms with van der Waals surface area (Å²) in [4.78, 5) is 34.5. The molecule has 1 aromatic carbocycles. The molecule has 2 heterocycles. The van der Waals surface area contributed by atoms with Gasteiger partial charge in [0.15, 0.2) is 5.13 Å². The summed E-state index contributed by atoms with van der Waals surface area (Å²) >= 11 is 3.15. The van der Waals surface area contributed by atoms with E-state index in [4.69, 9.17) is 4.74 Å². The second-order valence-electron chi connectivity index (χ2n) is 7.34. The third kappa shape index (κ3) is 5.22. The molecule has 0 aliphatic carbocycles. The predicted molar refractivity (Wildman–Crippen MR) is 125 cm³/mol. The Kier molecular flexibility index (Phi) is 7.61. The molecule has 0 spiro atoms. The van der Waals surface area contributed by atoms with Crippen molar-refractivity contribution < 1.29 is 14.3 Å². The molecule has 1 aromatic heterocycles. The molecule has 0 saturated carbocycles. The molecule has 1 N–H and O–H groups in total. The molecule has 2 aromatic rings. The van der Waals surface area contributed by atoms with Crippen molar-refractivity contribution >= 4 is 40.0 Å². The molecule has 1 saturated heterocycles. The number of ether oxygens (including phenoxy) is 1. The fraction of sp³-hybridized carbons (Fsp3) is 0.409. The topological polar surface area (TPSA) is 74.8 Å². The first kappa shape index (κ1) is 23.1. The Bertz CT molecular complexity index is 976. The molecule has 31 heavy (non-hydrogen) atoms. The number of carbonyl (C=O) groups is 2. The van der Waals surface area contributed by atoms with Gasteiger partial charge in [0.25, 0.3) is 5.91 Å². The van der Waals surface area contributed by atoms with Crippen LogP contribution in [0.4, 0.5) is 5.13 Å². The van der Waals surface area contributed by atoms with Crippen molar-refractivity contribution in [3.8, 4) is 5.75 Å². The third-order valence-electron chi connectivity index (χ3n) is 5.22. The Labute approximate surface area is 191 Å². The zero-order chi connectivity index (χ0) is 22.5. The van der Waals surface area contributed by atoms with Crippen LogP contribution in [0.15, 0.2) is 40.1 Å². The number of carbonyl (C=O) groups excluding carboxylic acids is 2. The Morgan fingerprint density at radius 3 is 2.81 bits per heavy atom. The molecule has 2 amide bonds. The maximum Gasteiger partial charge on any atom is 0.257 e.